The van der Waals surface area contributed by atoms with Crippen molar-refractivity contribution in [1.29, 1.82) is 0 Å². The Morgan fingerprint density at radius 3 is 2.81 bits per heavy atom. The van der Waals surface area contributed by atoms with Crippen molar-refractivity contribution in [2.24, 2.45) is 0 Å². The molecule has 2 fully saturated rings. The first-order valence-corrected chi connectivity index (χ1v) is 7.25. The Labute approximate surface area is 120 Å². The number of nitrogens with one attached hydrogen (secondary N) is 2. The molecule has 2 aliphatic rings. The lowest BCUT2D eigenvalue weighted by Crippen LogP contribution is -2.43. The molecule has 2 aliphatic heterocycles. The maximum absolute atomic E-state index is 10.8. The molecule has 7 heteroatoms. The molecule has 7 nitrogen and oxygen atoms in total. The standard InChI is InChI=1S/C14H16N4O3/c19-18(20)11-3-4-12-13(7-11)21-14(17-12)16-10-5-8-1-2-9(6-10)15-8/h3-4,7-10,15H,1-2,5-6H2,(H,16,17). The van der Waals surface area contributed by atoms with Crippen molar-refractivity contribution in [3.05, 3.63) is 28.3 Å². The third kappa shape index (κ3) is 2.33. The molecule has 2 bridgehead atoms. The zero-order valence-electron chi connectivity index (χ0n) is 11.4. The van der Waals surface area contributed by atoms with Crippen LogP contribution in [0.1, 0.15) is 25.7 Å². The quantitative estimate of drug-likeness (QED) is 0.665. The largest absolute Gasteiger partial charge is 0.423 e. The molecule has 2 saturated heterocycles. The molecule has 1 aromatic heterocycles. The van der Waals surface area contributed by atoms with E-state index in [0.717, 1.165) is 12.8 Å². The predicted molar refractivity (Wildman–Crippen MR) is 77.3 cm³/mol. The molecule has 0 aliphatic carbocycles. The van der Waals surface area contributed by atoms with Crippen molar-refractivity contribution < 1.29 is 9.34 Å². The zero-order valence-corrected chi connectivity index (χ0v) is 11.4. The molecule has 3 heterocycles. The SMILES string of the molecule is O=[N+]([O-])c1ccc2nc(NC3CC4CCC(C3)N4)oc2c1. The van der Waals surface area contributed by atoms with Gasteiger partial charge in [0.2, 0.25) is 0 Å². The summed E-state index contributed by atoms with van der Waals surface area (Å²) in [7, 11) is 0. The summed E-state index contributed by atoms with van der Waals surface area (Å²) in [6.07, 6.45) is 4.61. The summed E-state index contributed by atoms with van der Waals surface area (Å²) >= 11 is 0. The van der Waals surface area contributed by atoms with Crippen LogP contribution in [0.15, 0.2) is 22.6 Å². The van der Waals surface area contributed by atoms with Crippen LogP contribution in [0.25, 0.3) is 11.1 Å². The highest BCUT2D eigenvalue weighted by Gasteiger charge is 2.33. The Morgan fingerprint density at radius 1 is 1.33 bits per heavy atom. The summed E-state index contributed by atoms with van der Waals surface area (Å²) in [5, 5.41) is 17.7. The molecule has 2 N–H and O–H groups in total. The number of non-ortho nitro benzene ring substituents is 1. The summed E-state index contributed by atoms with van der Waals surface area (Å²) in [4.78, 5) is 14.7. The maximum atomic E-state index is 10.8. The monoisotopic (exact) mass is 288 g/mol. The number of nitrogens with zero attached hydrogens (tertiary/aromatic N) is 2. The van der Waals surface area contributed by atoms with Crippen LogP contribution in [0.4, 0.5) is 11.7 Å². The molecule has 0 radical (unpaired) electrons. The Kier molecular flexibility index (Phi) is 2.81. The van der Waals surface area contributed by atoms with Crippen molar-refractivity contribution in [1.82, 2.24) is 10.3 Å². The van der Waals surface area contributed by atoms with Crippen LogP contribution in [0, 0.1) is 10.1 Å². The van der Waals surface area contributed by atoms with E-state index < -0.39 is 4.92 Å². The lowest BCUT2D eigenvalue weighted by atomic mass is 10.0. The second-order valence-electron chi connectivity index (χ2n) is 5.88. The van der Waals surface area contributed by atoms with Gasteiger partial charge in [-0.3, -0.25) is 10.1 Å². The first kappa shape index (κ1) is 12.6. The number of anilines is 1. The normalized spacial score (nSPS) is 27.9. The van der Waals surface area contributed by atoms with E-state index in [9.17, 15) is 10.1 Å². The number of oxazole rings is 1. The van der Waals surface area contributed by atoms with E-state index in [1.807, 2.05) is 0 Å². The Bertz CT molecular complexity index is 687. The van der Waals surface area contributed by atoms with E-state index >= 15 is 0 Å². The molecule has 110 valence electrons. The van der Waals surface area contributed by atoms with Gasteiger partial charge in [-0.1, -0.05) is 0 Å². The molecule has 0 saturated carbocycles. The van der Waals surface area contributed by atoms with Gasteiger partial charge in [-0.05, 0) is 31.7 Å². The van der Waals surface area contributed by atoms with Crippen LogP contribution in [0.2, 0.25) is 0 Å². The topological polar surface area (TPSA) is 93.2 Å². The number of fused-ring (bicyclic) bond motifs is 3. The van der Waals surface area contributed by atoms with Gasteiger partial charge in [-0.15, -0.1) is 0 Å². The molecular weight excluding hydrogens is 272 g/mol. The minimum absolute atomic E-state index is 0.0186. The van der Waals surface area contributed by atoms with Gasteiger partial charge in [-0.2, -0.15) is 4.98 Å². The van der Waals surface area contributed by atoms with Gasteiger partial charge in [0.25, 0.3) is 11.7 Å². The minimum Gasteiger partial charge on any atom is -0.423 e. The van der Waals surface area contributed by atoms with Crippen molar-refractivity contribution in [3.63, 3.8) is 0 Å². The smallest absolute Gasteiger partial charge is 0.295 e. The highest BCUT2D eigenvalue weighted by molar-refractivity contribution is 5.77. The van der Waals surface area contributed by atoms with Gasteiger partial charge >= 0.3 is 0 Å². The second kappa shape index (κ2) is 4.70. The number of benzene rings is 1. The van der Waals surface area contributed by atoms with Crippen molar-refractivity contribution in [3.8, 4) is 0 Å². The van der Waals surface area contributed by atoms with E-state index in [1.165, 1.54) is 25.0 Å². The van der Waals surface area contributed by atoms with E-state index in [-0.39, 0.29) is 5.69 Å². The fourth-order valence-electron chi connectivity index (χ4n) is 3.44. The summed E-state index contributed by atoms with van der Waals surface area (Å²) in [5.41, 5.74) is 1.11. The van der Waals surface area contributed by atoms with Gasteiger partial charge in [0.05, 0.1) is 11.0 Å². The maximum Gasteiger partial charge on any atom is 0.295 e. The molecule has 21 heavy (non-hydrogen) atoms. The number of aromatic nitrogens is 1. The molecule has 0 spiro atoms. The van der Waals surface area contributed by atoms with Crippen LogP contribution < -0.4 is 10.6 Å². The number of nitro groups is 1. The summed E-state index contributed by atoms with van der Waals surface area (Å²) in [6, 6.07) is 6.47. The molecular formula is C14H16N4O3. The predicted octanol–water partition coefficient (Wildman–Crippen LogP) is 2.43. The third-order valence-electron chi connectivity index (χ3n) is 4.38. The first-order chi connectivity index (χ1) is 10.2. The number of nitro benzene ring substituents is 1. The Balaban J connectivity index is 1.55. The van der Waals surface area contributed by atoms with Gasteiger partial charge in [0, 0.05) is 24.2 Å². The average Bonchev–Trinajstić information content (AvgIpc) is 3.00. The number of hydrogen-bond acceptors (Lipinski definition) is 6. The fraction of sp³-hybridized carbons (Fsp3) is 0.500. The minimum atomic E-state index is -0.431. The average molecular weight is 288 g/mol. The van der Waals surface area contributed by atoms with Gasteiger partial charge < -0.3 is 15.1 Å². The van der Waals surface area contributed by atoms with E-state index in [1.54, 1.807) is 6.07 Å². The lowest BCUT2D eigenvalue weighted by molar-refractivity contribution is -0.384. The Hall–Kier alpha value is -2.15. The van der Waals surface area contributed by atoms with Crippen LogP contribution in [0.3, 0.4) is 0 Å². The summed E-state index contributed by atoms with van der Waals surface area (Å²) < 4.78 is 5.61. The summed E-state index contributed by atoms with van der Waals surface area (Å²) in [5.74, 6) is 0. The number of piperidine rings is 1. The zero-order chi connectivity index (χ0) is 14.4. The van der Waals surface area contributed by atoms with Gasteiger partial charge in [0.15, 0.2) is 5.58 Å². The number of rotatable bonds is 3. The van der Waals surface area contributed by atoms with Crippen LogP contribution in [-0.4, -0.2) is 28.0 Å². The van der Waals surface area contributed by atoms with Crippen LogP contribution >= 0.6 is 0 Å². The van der Waals surface area contributed by atoms with Gasteiger partial charge in [-0.25, -0.2) is 0 Å². The lowest BCUT2D eigenvalue weighted by Gasteiger charge is -2.29. The molecule has 0 amide bonds. The van der Waals surface area contributed by atoms with Crippen LogP contribution in [-0.2, 0) is 0 Å². The highest BCUT2D eigenvalue weighted by Crippen LogP contribution is 2.30. The molecule has 2 aromatic rings. The van der Waals surface area contributed by atoms with E-state index in [2.05, 4.69) is 15.6 Å². The summed E-state index contributed by atoms with van der Waals surface area (Å²) in [6.45, 7) is 0. The van der Waals surface area contributed by atoms with Crippen molar-refractivity contribution >= 4 is 22.8 Å². The van der Waals surface area contributed by atoms with Crippen molar-refractivity contribution in [2.75, 3.05) is 5.32 Å². The molecule has 4 rings (SSSR count). The van der Waals surface area contributed by atoms with Gasteiger partial charge in [0.1, 0.15) is 5.52 Å². The second-order valence-corrected chi connectivity index (χ2v) is 5.88. The van der Waals surface area contributed by atoms with Crippen LogP contribution in [0.5, 0.6) is 0 Å². The molecule has 2 atom stereocenters. The Morgan fingerprint density at radius 2 is 2.10 bits per heavy atom. The fourth-order valence-corrected chi connectivity index (χ4v) is 3.44. The first-order valence-electron chi connectivity index (χ1n) is 7.25. The highest BCUT2D eigenvalue weighted by atomic mass is 16.6. The third-order valence-corrected chi connectivity index (χ3v) is 4.38. The van der Waals surface area contributed by atoms with E-state index in [0.29, 0.717) is 35.2 Å². The van der Waals surface area contributed by atoms with Crippen molar-refractivity contribution in [2.45, 2.75) is 43.8 Å². The molecule has 2 unspecified atom stereocenters. The van der Waals surface area contributed by atoms with E-state index in [4.69, 9.17) is 4.42 Å². The molecule has 1 aromatic carbocycles. The number of hydrogen-bond donors (Lipinski definition) is 2.